The predicted molar refractivity (Wildman–Crippen MR) is 91.3 cm³/mol. The van der Waals surface area contributed by atoms with E-state index in [1.165, 1.54) is 6.07 Å². The number of carboxylic acids is 1. The van der Waals surface area contributed by atoms with E-state index in [-0.39, 0.29) is 16.5 Å². The number of piperazine rings is 1. The molecule has 0 aliphatic carbocycles. The number of aryl methyl sites for hydroxylation is 1. The monoisotopic (exact) mass is 347 g/mol. The van der Waals surface area contributed by atoms with Gasteiger partial charge >= 0.3 is 5.97 Å². The highest BCUT2D eigenvalue weighted by molar-refractivity contribution is 5.99. The SMILES string of the molecule is CCn1c(N2CCNCC2)c(C(=O)O)c(=O)c2cc(F)c(C=O)cc21. The molecule has 1 aromatic heterocycles. The minimum absolute atomic E-state index is 0.0405. The second kappa shape index (κ2) is 6.64. The summed E-state index contributed by atoms with van der Waals surface area (Å²) in [6, 6.07) is 2.25. The van der Waals surface area contributed by atoms with Gasteiger partial charge in [-0.15, -0.1) is 0 Å². The molecular formula is C17H18FN3O4. The Balaban J connectivity index is 2.44. The Morgan fingerprint density at radius 3 is 2.60 bits per heavy atom. The molecular weight excluding hydrogens is 329 g/mol. The van der Waals surface area contributed by atoms with E-state index in [1.807, 2.05) is 11.8 Å². The van der Waals surface area contributed by atoms with Gasteiger partial charge in [0, 0.05) is 38.1 Å². The van der Waals surface area contributed by atoms with Crippen molar-refractivity contribution in [3.63, 3.8) is 0 Å². The molecule has 2 N–H and O–H groups in total. The van der Waals surface area contributed by atoms with E-state index in [4.69, 9.17) is 0 Å². The molecule has 0 saturated carbocycles. The summed E-state index contributed by atoms with van der Waals surface area (Å²) in [5.74, 6) is -1.88. The van der Waals surface area contributed by atoms with E-state index < -0.39 is 17.2 Å². The number of aldehydes is 1. The minimum Gasteiger partial charge on any atom is -0.477 e. The summed E-state index contributed by atoms with van der Waals surface area (Å²) in [4.78, 5) is 37.5. The number of nitrogens with one attached hydrogen (secondary N) is 1. The van der Waals surface area contributed by atoms with Crippen LogP contribution in [0.15, 0.2) is 16.9 Å². The summed E-state index contributed by atoms with van der Waals surface area (Å²) >= 11 is 0. The van der Waals surface area contributed by atoms with Crippen molar-refractivity contribution in [2.24, 2.45) is 0 Å². The molecule has 2 aromatic rings. The number of anilines is 1. The standard InChI is InChI=1S/C17H18FN3O4/c1-2-21-13-7-10(9-22)12(18)8-11(13)15(23)14(17(24)25)16(21)20-5-3-19-4-6-20/h7-9,19H,2-6H2,1H3,(H,24,25). The van der Waals surface area contributed by atoms with Crippen LogP contribution in [0.1, 0.15) is 27.6 Å². The number of rotatable bonds is 4. The highest BCUT2D eigenvalue weighted by Gasteiger charge is 2.27. The molecule has 0 bridgehead atoms. The lowest BCUT2D eigenvalue weighted by Crippen LogP contribution is -2.46. The summed E-state index contributed by atoms with van der Waals surface area (Å²) in [7, 11) is 0. The molecule has 1 saturated heterocycles. The third-order valence-electron chi connectivity index (χ3n) is 4.43. The van der Waals surface area contributed by atoms with Crippen LogP contribution in [0.5, 0.6) is 0 Å². The third kappa shape index (κ3) is 2.78. The zero-order valence-corrected chi connectivity index (χ0v) is 13.7. The van der Waals surface area contributed by atoms with Gasteiger partial charge in [0.2, 0.25) is 5.43 Å². The van der Waals surface area contributed by atoms with Gasteiger partial charge in [-0.2, -0.15) is 0 Å². The summed E-state index contributed by atoms with van der Waals surface area (Å²) in [5.41, 5.74) is -0.912. The van der Waals surface area contributed by atoms with Gasteiger partial charge in [0.1, 0.15) is 17.2 Å². The topological polar surface area (TPSA) is 91.6 Å². The summed E-state index contributed by atoms with van der Waals surface area (Å²) in [6.07, 6.45) is 0.384. The Kier molecular flexibility index (Phi) is 4.54. The quantitative estimate of drug-likeness (QED) is 0.804. The van der Waals surface area contributed by atoms with E-state index in [0.717, 1.165) is 6.07 Å². The van der Waals surface area contributed by atoms with Crippen LogP contribution in [0.2, 0.25) is 0 Å². The van der Waals surface area contributed by atoms with Crippen LogP contribution in [-0.4, -0.2) is 48.1 Å². The molecule has 132 valence electrons. The van der Waals surface area contributed by atoms with Crippen molar-refractivity contribution in [3.8, 4) is 0 Å². The van der Waals surface area contributed by atoms with E-state index in [0.29, 0.717) is 50.3 Å². The molecule has 0 amide bonds. The summed E-state index contributed by atoms with van der Waals surface area (Å²) in [6.45, 7) is 4.61. The number of halogens is 1. The maximum Gasteiger partial charge on any atom is 0.343 e. The minimum atomic E-state index is -1.34. The highest BCUT2D eigenvalue weighted by atomic mass is 19.1. The largest absolute Gasteiger partial charge is 0.477 e. The zero-order chi connectivity index (χ0) is 18.1. The zero-order valence-electron chi connectivity index (χ0n) is 13.7. The number of aromatic carboxylic acids is 1. The molecule has 3 rings (SSSR count). The molecule has 25 heavy (non-hydrogen) atoms. The van der Waals surface area contributed by atoms with Crippen molar-refractivity contribution in [2.75, 3.05) is 31.1 Å². The first-order valence-corrected chi connectivity index (χ1v) is 8.03. The molecule has 0 spiro atoms. The predicted octanol–water partition coefficient (Wildman–Crippen LogP) is 1.08. The molecule has 2 heterocycles. The van der Waals surface area contributed by atoms with Crippen LogP contribution in [-0.2, 0) is 6.54 Å². The molecule has 8 heteroatoms. The van der Waals surface area contributed by atoms with Gasteiger partial charge in [0.25, 0.3) is 0 Å². The fourth-order valence-corrected chi connectivity index (χ4v) is 3.28. The highest BCUT2D eigenvalue weighted by Crippen LogP contribution is 2.26. The van der Waals surface area contributed by atoms with E-state index in [1.54, 1.807) is 4.57 Å². The first-order valence-electron chi connectivity index (χ1n) is 8.03. The summed E-state index contributed by atoms with van der Waals surface area (Å²) < 4.78 is 15.6. The van der Waals surface area contributed by atoms with Gasteiger partial charge < -0.3 is 19.9 Å². The molecule has 1 fully saturated rings. The van der Waals surface area contributed by atoms with Gasteiger partial charge in [-0.25, -0.2) is 9.18 Å². The van der Waals surface area contributed by atoms with E-state index in [9.17, 15) is 23.9 Å². The fraction of sp³-hybridized carbons (Fsp3) is 0.353. The number of hydrogen-bond acceptors (Lipinski definition) is 5. The van der Waals surface area contributed by atoms with E-state index >= 15 is 0 Å². The number of carbonyl (C=O) groups excluding carboxylic acids is 1. The number of pyridine rings is 1. The average Bonchev–Trinajstić information content (AvgIpc) is 2.61. The van der Waals surface area contributed by atoms with Gasteiger partial charge in [-0.05, 0) is 19.1 Å². The maximum absolute atomic E-state index is 14.0. The van der Waals surface area contributed by atoms with Crippen LogP contribution in [0, 0.1) is 5.82 Å². The summed E-state index contributed by atoms with van der Waals surface area (Å²) in [5, 5.41) is 12.8. The number of nitrogens with zero attached hydrogens (tertiary/aromatic N) is 2. The van der Waals surface area contributed by atoms with Crippen LogP contribution in [0.3, 0.4) is 0 Å². The smallest absolute Gasteiger partial charge is 0.343 e. The lowest BCUT2D eigenvalue weighted by molar-refractivity contribution is 0.0695. The molecule has 1 aliphatic rings. The van der Waals surface area contributed by atoms with Gasteiger partial charge in [0.05, 0.1) is 11.1 Å². The second-order valence-electron chi connectivity index (χ2n) is 5.82. The lowest BCUT2D eigenvalue weighted by atomic mass is 10.1. The van der Waals surface area contributed by atoms with Gasteiger partial charge in [0.15, 0.2) is 6.29 Å². The van der Waals surface area contributed by atoms with Gasteiger partial charge in [-0.3, -0.25) is 9.59 Å². The normalized spacial score (nSPS) is 14.7. The third-order valence-corrected chi connectivity index (χ3v) is 4.43. The van der Waals surface area contributed by atoms with Crippen molar-refractivity contribution >= 4 is 29.0 Å². The molecule has 1 aliphatic heterocycles. The number of carboxylic acid groups (broad SMARTS) is 1. The molecule has 0 atom stereocenters. The molecule has 1 aromatic carbocycles. The molecule has 0 unspecified atom stereocenters. The number of aromatic nitrogens is 1. The van der Waals surface area contributed by atoms with Crippen molar-refractivity contribution < 1.29 is 19.1 Å². The van der Waals surface area contributed by atoms with E-state index in [2.05, 4.69) is 5.32 Å². The van der Waals surface area contributed by atoms with Crippen LogP contribution < -0.4 is 15.6 Å². The van der Waals surface area contributed by atoms with Crippen molar-refractivity contribution in [1.29, 1.82) is 0 Å². The molecule has 0 radical (unpaired) electrons. The number of carbonyl (C=O) groups is 2. The Hall–Kier alpha value is -2.74. The van der Waals surface area contributed by atoms with Crippen molar-refractivity contribution in [3.05, 3.63) is 39.3 Å². The molecule has 7 nitrogen and oxygen atoms in total. The fourth-order valence-electron chi connectivity index (χ4n) is 3.28. The Labute approximate surface area is 142 Å². The Morgan fingerprint density at radius 1 is 1.36 bits per heavy atom. The lowest BCUT2D eigenvalue weighted by Gasteiger charge is -2.33. The van der Waals surface area contributed by atoms with Crippen LogP contribution in [0.4, 0.5) is 10.2 Å². The Bertz CT molecular complexity index is 916. The van der Waals surface area contributed by atoms with Crippen molar-refractivity contribution in [1.82, 2.24) is 9.88 Å². The Morgan fingerprint density at radius 2 is 2.04 bits per heavy atom. The number of hydrogen-bond donors (Lipinski definition) is 2. The van der Waals surface area contributed by atoms with Gasteiger partial charge in [-0.1, -0.05) is 0 Å². The second-order valence-corrected chi connectivity index (χ2v) is 5.82. The maximum atomic E-state index is 14.0. The number of benzene rings is 1. The number of fused-ring (bicyclic) bond motifs is 1. The van der Waals surface area contributed by atoms with Crippen molar-refractivity contribution in [2.45, 2.75) is 13.5 Å². The first kappa shape index (κ1) is 17.1. The van der Waals surface area contributed by atoms with Crippen LogP contribution >= 0.6 is 0 Å². The van der Waals surface area contributed by atoms with Crippen LogP contribution in [0.25, 0.3) is 10.9 Å². The first-order chi connectivity index (χ1) is 12.0. The average molecular weight is 347 g/mol.